The summed E-state index contributed by atoms with van der Waals surface area (Å²) in [5, 5.41) is 13.7. The minimum absolute atomic E-state index is 0.0289. The highest BCUT2D eigenvalue weighted by Crippen LogP contribution is 2.56. The summed E-state index contributed by atoms with van der Waals surface area (Å²) in [6.45, 7) is 3.77. The van der Waals surface area contributed by atoms with Gasteiger partial charge in [0.2, 0.25) is 11.8 Å². The van der Waals surface area contributed by atoms with E-state index in [0.717, 1.165) is 16.9 Å². The molecule has 4 aliphatic rings. The summed E-state index contributed by atoms with van der Waals surface area (Å²) in [6, 6.07) is 21.9. The standard InChI is InChI=1S/C37H32N2O6/c1-3-45-31-18-21(9-16-29(31)40)32-25-14-15-26-33(27(25)19-28-34(32)30(41)17-20(2)35(28)42)37(44)39(36(26)43)24-12-10-23(11-13-24)38-22-7-5-4-6-8-22/h4-14,16-18,26-27,32-33,38,40H,3,15,19H2,1-2H3/t26-,27+,32-,33-/m0/s1. The van der Waals surface area contributed by atoms with Gasteiger partial charge in [0.25, 0.3) is 0 Å². The van der Waals surface area contributed by atoms with E-state index in [9.17, 15) is 24.3 Å². The fraction of sp³-hybridized carbons (Fsp3) is 0.243. The van der Waals surface area contributed by atoms with E-state index in [-0.39, 0.29) is 41.3 Å². The molecule has 2 N–H and O–H groups in total. The molecule has 0 spiro atoms. The van der Waals surface area contributed by atoms with E-state index >= 15 is 0 Å². The van der Waals surface area contributed by atoms with Crippen LogP contribution in [0.3, 0.4) is 0 Å². The lowest BCUT2D eigenvalue weighted by molar-refractivity contribution is -0.123. The quantitative estimate of drug-likeness (QED) is 0.198. The molecule has 45 heavy (non-hydrogen) atoms. The number of carbonyl (C=O) groups is 4. The van der Waals surface area contributed by atoms with Crippen molar-refractivity contribution in [3.05, 3.63) is 113 Å². The molecule has 1 aliphatic heterocycles. The van der Waals surface area contributed by atoms with Crippen LogP contribution >= 0.6 is 0 Å². The predicted molar refractivity (Wildman–Crippen MR) is 169 cm³/mol. The van der Waals surface area contributed by atoms with Gasteiger partial charge >= 0.3 is 0 Å². The first-order valence-electron chi connectivity index (χ1n) is 15.2. The molecule has 0 aromatic heterocycles. The highest BCUT2D eigenvalue weighted by molar-refractivity contribution is 6.25. The van der Waals surface area contributed by atoms with Gasteiger partial charge in [-0.25, -0.2) is 0 Å². The van der Waals surface area contributed by atoms with Gasteiger partial charge in [0.05, 0.1) is 24.1 Å². The van der Waals surface area contributed by atoms with Crippen molar-refractivity contribution in [1.82, 2.24) is 0 Å². The zero-order valence-corrected chi connectivity index (χ0v) is 24.9. The second-order valence-corrected chi connectivity index (χ2v) is 11.9. The highest BCUT2D eigenvalue weighted by Gasteiger charge is 2.56. The molecule has 3 aromatic rings. The Morgan fingerprint density at radius 2 is 1.64 bits per heavy atom. The van der Waals surface area contributed by atoms with Crippen molar-refractivity contribution in [2.45, 2.75) is 32.6 Å². The highest BCUT2D eigenvalue weighted by atomic mass is 16.5. The molecule has 4 atom stereocenters. The molecule has 8 nitrogen and oxygen atoms in total. The van der Waals surface area contributed by atoms with E-state index in [0.29, 0.717) is 41.0 Å². The summed E-state index contributed by atoms with van der Waals surface area (Å²) < 4.78 is 5.65. The Labute approximate surface area is 260 Å². The van der Waals surface area contributed by atoms with Crippen LogP contribution < -0.4 is 15.0 Å². The molecule has 0 saturated carbocycles. The number of nitrogens with one attached hydrogen (secondary N) is 1. The topological polar surface area (TPSA) is 113 Å². The number of rotatable bonds is 6. The molecule has 1 fully saturated rings. The van der Waals surface area contributed by atoms with Gasteiger partial charge in [-0.1, -0.05) is 35.9 Å². The van der Waals surface area contributed by atoms with Gasteiger partial charge in [0, 0.05) is 34.0 Å². The molecule has 2 amide bonds. The van der Waals surface area contributed by atoms with Gasteiger partial charge in [-0.3, -0.25) is 24.1 Å². The summed E-state index contributed by atoms with van der Waals surface area (Å²) >= 11 is 0. The monoisotopic (exact) mass is 600 g/mol. The molecule has 3 aliphatic carbocycles. The number of allylic oxidation sites excluding steroid dienone is 6. The second kappa shape index (κ2) is 11.0. The number of amides is 2. The number of fused-ring (bicyclic) bond motifs is 3. The molecular weight excluding hydrogens is 568 g/mol. The first-order chi connectivity index (χ1) is 21.8. The lowest BCUT2D eigenvalue weighted by atomic mass is 9.59. The van der Waals surface area contributed by atoms with E-state index in [2.05, 4.69) is 5.32 Å². The third-order valence-corrected chi connectivity index (χ3v) is 9.37. The summed E-state index contributed by atoms with van der Waals surface area (Å²) in [5.41, 5.74) is 4.93. The Balaban J connectivity index is 1.26. The summed E-state index contributed by atoms with van der Waals surface area (Å²) in [4.78, 5) is 56.4. The van der Waals surface area contributed by atoms with E-state index in [1.54, 1.807) is 31.2 Å². The van der Waals surface area contributed by atoms with Crippen LogP contribution in [0, 0.1) is 17.8 Å². The maximum absolute atomic E-state index is 14.2. The van der Waals surface area contributed by atoms with Crippen molar-refractivity contribution >= 4 is 40.4 Å². The van der Waals surface area contributed by atoms with E-state index in [4.69, 9.17) is 4.74 Å². The molecule has 1 heterocycles. The van der Waals surface area contributed by atoms with Crippen molar-refractivity contribution in [3.8, 4) is 11.5 Å². The molecule has 8 heteroatoms. The number of benzene rings is 3. The second-order valence-electron chi connectivity index (χ2n) is 11.9. The number of nitrogens with zero attached hydrogens (tertiary/aromatic N) is 1. The fourth-order valence-electron chi connectivity index (χ4n) is 7.38. The zero-order valence-electron chi connectivity index (χ0n) is 24.9. The van der Waals surface area contributed by atoms with E-state index in [1.165, 1.54) is 17.0 Å². The fourth-order valence-corrected chi connectivity index (χ4v) is 7.38. The molecule has 226 valence electrons. The Bertz CT molecular complexity index is 1850. The molecule has 3 aromatic carbocycles. The van der Waals surface area contributed by atoms with E-state index < -0.39 is 23.7 Å². The van der Waals surface area contributed by atoms with Crippen molar-refractivity contribution in [1.29, 1.82) is 0 Å². The first-order valence-corrected chi connectivity index (χ1v) is 15.2. The number of phenolic OH excluding ortho intramolecular Hbond substituents is 1. The van der Waals surface area contributed by atoms with Crippen LogP contribution in [0.4, 0.5) is 17.1 Å². The number of ketones is 2. The average molecular weight is 601 g/mol. The molecule has 0 bridgehead atoms. The molecule has 7 rings (SSSR count). The van der Waals surface area contributed by atoms with Gasteiger partial charge in [-0.2, -0.15) is 0 Å². The summed E-state index contributed by atoms with van der Waals surface area (Å²) in [6.07, 6.45) is 3.92. The lowest BCUT2D eigenvalue weighted by Gasteiger charge is -2.42. The average Bonchev–Trinajstić information content (AvgIpc) is 3.30. The third kappa shape index (κ3) is 4.68. The van der Waals surface area contributed by atoms with Crippen molar-refractivity contribution < 1.29 is 29.0 Å². The number of para-hydroxylation sites is 1. The maximum Gasteiger partial charge on any atom is 0.238 e. The number of aromatic hydroxyl groups is 1. The number of anilines is 3. The number of phenols is 1. The minimum Gasteiger partial charge on any atom is -0.504 e. The largest absolute Gasteiger partial charge is 0.504 e. The number of ether oxygens (including phenoxy) is 1. The Hall–Kier alpha value is -5.24. The Morgan fingerprint density at radius 3 is 2.38 bits per heavy atom. The maximum atomic E-state index is 14.2. The lowest BCUT2D eigenvalue weighted by Crippen LogP contribution is -2.39. The summed E-state index contributed by atoms with van der Waals surface area (Å²) in [7, 11) is 0. The third-order valence-electron chi connectivity index (χ3n) is 9.37. The van der Waals surface area contributed by atoms with Crippen LogP contribution in [0.15, 0.2) is 107 Å². The smallest absolute Gasteiger partial charge is 0.238 e. The van der Waals surface area contributed by atoms with Crippen LogP contribution in [0.5, 0.6) is 11.5 Å². The van der Waals surface area contributed by atoms with Crippen LogP contribution in [0.25, 0.3) is 0 Å². The summed E-state index contributed by atoms with van der Waals surface area (Å²) in [5.74, 6) is -3.05. The Kier molecular flexibility index (Phi) is 7.00. The number of Topliss-reactive ketones (excluding diaryl/α,β-unsaturated/α-hetero) is 1. The molecule has 0 radical (unpaired) electrons. The van der Waals surface area contributed by atoms with Gasteiger partial charge in [0.1, 0.15) is 0 Å². The van der Waals surface area contributed by atoms with E-state index in [1.807, 2.05) is 55.5 Å². The molecular formula is C37H32N2O6. The van der Waals surface area contributed by atoms with Gasteiger partial charge < -0.3 is 15.2 Å². The van der Waals surface area contributed by atoms with Crippen LogP contribution in [-0.2, 0) is 19.2 Å². The molecule has 0 unspecified atom stereocenters. The number of carbonyl (C=O) groups excluding carboxylic acids is 4. The SMILES string of the molecule is CCOc1cc([C@H]2C3=CC[C@@H]4C(=O)N(c5ccc(Nc6ccccc6)cc5)C(=O)[C@@H]4[C@@H]3CC3=C2C(=O)C=C(C)C3=O)ccc1O. The van der Waals surface area contributed by atoms with Gasteiger partial charge in [-0.15, -0.1) is 0 Å². The number of imide groups is 1. The van der Waals surface area contributed by atoms with Crippen LogP contribution in [0.2, 0.25) is 0 Å². The predicted octanol–water partition coefficient (Wildman–Crippen LogP) is 6.17. The van der Waals surface area contributed by atoms with Gasteiger partial charge in [-0.05, 0) is 92.8 Å². The molecule has 1 saturated heterocycles. The minimum atomic E-state index is -0.672. The van der Waals surface area contributed by atoms with Crippen molar-refractivity contribution in [2.75, 3.05) is 16.8 Å². The van der Waals surface area contributed by atoms with Crippen LogP contribution in [0.1, 0.15) is 38.2 Å². The van der Waals surface area contributed by atoms with Crippen molar-refractivity contribution in [2.24, 2.45) is 17.8 Å². The number of hydrogen-bond donors (Lipinski definition) is 2. The van der Waals surface area contributed by atoms with Crippen LogP contribution in [-0.4, -0.2) is 35.1 Å². The Morgan fingerprint density at radius 1 is 0.911 bits per heavy atom. The first kappa shape index (κ1) is 28.5. The van der Waals surface area contributed by atoms with Gasteiger partial charge in [0.15, 0.2) is 23.1 Å². The normalized spacial score (nSPS) is 24.1. The number of hydrogen-bond acceptors (Lipinski definition) is 7. The zero-order chi connectivity index (χ0) is 31.4. The van der Waals surface area contributed by atoms with Crippen molar-refractivity contribution in [3.63, 3.8) is 0 Å².